The molecule has 0 N–H and O–H groups in total. The lowest BCUT2D eigenvalue weighted by Crippen LogP contribution is -2.20. The lowest BCUT2D eigenvalue weighted by atomic mass is 9.72. The summed E-state index contributed by atoms with van der Waals surface area (Å²) in [4.78, 5) is 0. The molecule has 3 aliphatic carbocycles. The van der Waals surface area contributed by atoms with Crippen molar-refractivity contribution < 1.29 is 0 Å². The van der Waals surface area contributed by atoms with Crippen molar-refractivity contribution in [1.29, 1.82) is 0 Å². The highest BCUT2D eigenvalue weighted by Crippen LogP contribution is 2.47. The van der Waals surface area contributed by atoms with E-state index in [0.717, 1.165) is 17.3 Å². The van der Waals surface area contributed by atoms with Gasteiger partial charge in [0.05, 0.1) is 0 Å². The van der Waals surface area contributed by atoms with Crippen LogP contribution in [0.4, 0.5) is 0 Å². The van der Waals surface area contributed by atoms with Gasteiger partial charge in [0, 0.05) is 0 Å². The van der Waals surface area contributed by atoms with Crippen molar-refractivity contribution in [3.8, 4) is 0 Å². The lowest BCUT2D eigenvalue weighted by molar-refractivity contribution is 0.188. The largest absolute Gasteiger partial charge is 0.0625 e. The van der Waals surface area contributed by atoms with Gasteiger partial charge in [-0.3, -0.25) is 0 Å². The van der Waals surface area contributed by atoms with Crippen molar-refractivity contribution in [2.24, 2.45) is 17.3 Å². The van der Waals surface area contributed by atoms with E-state index < -0.39 is 0 Å². The first-order chi connectivity index (χ1) is 8.68. The predicted molar refractivity (Wildman–Crippen MR) is 80.8 cm³/mol. The van der Waals surface area contributed by atoms with Crippen LogP contribution in [0, 0.1) is 17.3 Å². The zero-order valence-corrected chi connectivity index (χ0v) is 12.8. The van der Waals surface area contributed by atoms with Gasteiger partial charge in [-0.15, -0.1) is 0 Å². The third-order valence-corrected chi connectivity index (χ3v) is 5.43. The standard InChI is InChI=1S/C11H20.C7H14/c1-11(9-10-5-6-10)7-3-2-4-8-11;1-7-5-3-2-4-6-7/h10H,2-9H2,1H3;7H,2-6H2,1H3. The third kappa shape index (κ3) is 5.33. The smallest absolute Gasteiger partial charge is 0.0323 e. The molecule has 0 saturated heterocycles. The molecule has 0 atom stereocenters. The van der Waals surface area contributed by atoms with Gasteiger partial charge < -0.3 is 0 Å². The molecule has 0 radical (unpaired) electrons. The number of hydrogen-bond donors (Lipinski definition) is 0. The van der Waals surface area contributed by atoms with Crippen molar-refractivity contribution >= 4 is 0 Å². The average molecular weight is 250 g/mol. The zero-order valence-electron chi connectivity index (χ0n) is 12.8. The number of rotatable bonds is 2. The molecule has 18 heavy (non-hydrogen) atoms. The summed E-state index contributed by atoms with van der Waals surface area (Å²) < 4.78 is 0. The van der Waals surface area contributed by atoms with Gasteiger partial charge in [0.1, 0.15) is 0 Å². The van der Waals surface area contributed by atoms with Crippen LogP contribution in [0.25, 0.3) is 0 Å². The maximum Gasteiger partial charge on any atom is -0.0323 e. The van der Waals surface area contributed by atoms with Crippen LogP contribution in [-0.4, -0.2) is 0 Å². The zero-order chi connectivity index (χ0) is 12.8. The first-order valence-corrected chi connectivity index (χ1v) is 8.68. The van der Waals surface area contributed by atoms with E-state index in [1.54, 1.807) is 6.42 Å². The van der Waals surface area contributed by atoms with Gasteiger partial charge in [0.15, 0.2) is 0 Å². The molecule has 0 aliphatic heterocycles. The lowest BCUT2D eigenvalue weighted by Gasteiger charge is -2.33. The second kappa shape index (κ2) is 6.96. The highest BCUT2D eigenvalue weighted by atomic mass is 14.4. The minimum Gasteiger partial charge on any atom is -0.0625 e. The summed E-state index contributed by atoms with van der Waals surface area (Å²) >= 11 is 0. The van der Waals surface area contributed by atoms with Gasteiger partial charge in [0.25, 0.3) is 0 Å². The molecule has 3 fully saturated rings. The van der Waals surface area contributed by atoms with Gasteiger partial charge in [0.2, 0.25) is 0 Å². The van der Waals surface area contributed by atoms with E-state index in [2.05, 4.69) is 13.8 Å². The molecular weight excluding hydrogens is 216 g/mol. The molecule has 0 aromatic carbocycles. The fourth-order valence-electron chi connectivity index (χ4n) is 3.94. The summed E-state index contributed by atoms with van der Waals surface area (Å²) in [5.74, 6) is 2.17. The van der Waals surface area contributed by atoms with Crippen LogP contribution in [0.2, 0.25) is 0 Å². The fourth-order valence-corrected chi connectivity index (χ4v) is 3.94. The molecule has 0 unspecified atom stereocenters. The molecule has 0 aromatic rings. The Kier molecular flexibility index (Phi) is 5.57. The monoisotopic (exact) mass is 250 g/mol. The first kappa shape index (κ1) is 14.4. The van der Waals surface area contributed by atoms with Crippen LogP contribution in [0.5, 0.6) is 0 Å². The Bertz CT molecular complexity index is 214. The van der Waals surface area contributed by atoms with Gasteiger partial charge >= 0.3 is 0 Å². The van der Waals surface area contributed by atoms with E-state index in [1.807, 2.05) is 0 Å². The molecule has 0 heteroatoms. The van der Waals surface area contributed by atoms with Gasteiger partial charge in [-0.1, -0.05) is 78.1 Å². The summed E-state index contributed by atoms with van der Waals surface area (Å²) in [5.41, 5.74) is 0.763. The van der Waals surface area contributed by atoms with E-state index in [4.69, 9.17) is 0 Å². The molecular formula is C18H34. The van der Waals surface area contributed by atoms with Crippen LogP contribution in [-0.2, 0) is 0 Å². The van der Waals surface area contributed by atoms with E-state index in [0.29, 0.717) is 0 Å². The second-order valence-corrected chi connectivity index (χ2v) is 7.76. The minimum atomic E-state index is 0.763. The van der Waals surface area contributed by atoms with E-state index in [-0.39, 0.29) is 0 Å². The Morgan fingerprint density at radius 1 is 0.778 bits per heavy atom. The van der Waals surface area contributed by atoms with Gasteiger partial charge in [-0.2, -0.15) is 0 Å². The normalized spacial score (nSPS) is 28.3. The molecule has 0 bridgehead atoms. The molecule has 106 valence electrons. The van der Waals surface area contributed by atoms with Crippen molar-refractivity contribution in [3.05, 3.63) is 0 Å². The van der Waals surface area contributed by atoms with E-state index in [9.17, 15) is 0 Å². The van der Waals surface area contributed by atoms with Gasteiger partial charge in [-0.25, -0.2) is 0 Å². The van der Waals surface area contributed by atoms with Crippen LogP contribution in [0.15, 0.2) is 0 Å². The van der Waals surface area contributed by atoms with E-state index in [1.165, 1.54) is 77.0 Å². The maximum absolute atomic E-state index is 2.52. The molecule has 0 nitrogen and oxygen atoms in total. The summed E-state index contributed by atoms with van der Waals surface area (Å²) in [6.07, 6.45) is 19.6. The average Bonchev–Trinajstić information content (AvgIpc) is 3.15. The summed E-state index contributed by atoms with van der Waals surface area (Å²) in [7, 11) is 0. The van der Waals surface area contributed by atoms with Crippen LogP contribution in [0.1, 0.15) is 97.3 Å². The quantitative estimate of drug-likeness (QED) is 0.536. The molecule has 3 saturated carbocycles. The highest BCUT2D eigenvalue weighted by Gasteiger charge is 2.33. The van der Waals surface area contributed by atoms with Crippen LogP contribution in [0.3, 0.4) is 0 Å². The summed E-state index contributed by atoms with van der Waals surface area (Å²) in [6.45, 7) is 4.88. The Labute approximate surface area is 115 Å². The minimum absolute atomic E-state index is 0.763. The Balaban J connectivity index is 0.000000149. The van der Waals surface area contributed by atoms with Crippen LogP contribution < -0.4 is 0 Å². The van der Waals surface area contributed by atoms with E-state index >= 15 is 0 Å². The number of hydrogen-bond acceptors (Lipinski definition) is 0. The third-order valence-electron chi connectivity index (χ3n) is 5.43. The molecule has 0 amide bonds. The fraction of sp³-hybridized carbons (Fsp3) is 1.00. The Hall–Kier alpha value is 0. The SMILES string of the molecule is CC1(CC2CC2)CCCCC1.CC1CCCCC1. The van der Waals surface area contributed by atoms with Crippen molar-refractivity contribution in [3.63, 3.8) is 0 Å². The molecule has 3 rings (SSSR count). The van der Waals surface area contributed by atoms with Crippen molar-refractivity contribution in [2.75, 3.05) is 0 Å². The topological polar surface area (TPSA) is 0 Å². The summed E-state index contributed by atoms with van der Waals surface area (Å²) in [5, 5.41) is 0. The second-order valence-electron chi connectivity index (χ2n) is 7.76. The van der Waals surface area contributed by atoms with Crippen molar-refractivity contribution in [2.45, 2.75) is 97.3 Å². The molecule has 0 aromatic heterocycles. The summed E-state index contributed by atoms with van der Waals surface area (Å²) in [6, 6.07) is 0. The maximum atomic E-state index is 2.52. The Morgan fingerprint density at radius 2 is 1.33 bits per heavy atom. The Morgan fingerprint density at radius 3 is 1.78 bits per heavy atom. The molecule has 3 aliphatic rings. The highest BCUT2D eigenvalue weighted by molar-refractivity contribution is 4.85. The molecule has 0 spiro atoms. The first-order valence-electron chi connectivity index (χ1n) is 8.68. The predicted octanol–water partition coefficient (Wildman–Crippen LogP) is 6.34. The van der Waals surface area contributed by atoms with Crippen LogP contribution >= 0.6 is 0 Å². The molecule has 0 heterocycles. The van der Waals surface area contributed by atoms with Gasteiger partial charge in [-0.05, 0) is 36.5 Å². The van der Waals surface area contributed by atoms with Crippen molar-refractivity contribution in [1.82, 2.24) is 0 Å².